The van der Waals surface area contributed by atoms with E-state index in [0.29, 0.717) is 30.8 Å². The highest BCUT2D eigenvalue weighted by atomic mass is 16.5. The van der Waals surface area contributed by atoms with E-state index in [1.807, 2.05) is 0 Å². The predicted molar refractivity (Wildman–Crippen MR) is 69.6 cm³/mol. The Balaban J connectivity index is 1.53. The Kier molecular flexibility index (Phi) is 6.11. The second kappa shape index (κ2) is 7.87. The minimum atomic E-state index is 0.357. The number of nitrogens with one attached hydrogen (secondary N) is 1. The van der Waals surface area contributed by atoms with E-state index in [4.69, 9.17) is 9.47 Å². The molecule has 0 saturated carbocycles. The van der Waals surface area contributed by atoms with Gasteiger partial charge in [0.2, 0.25) is 0 Å². The first kappa shape index (κ1) is 14.0. The van der Waals surface area contributed by atoms with Crippen molar-refractivity contribution in [3.8, 4) is 0 Å². The summed E-state index contributed by atoms with van der Waals surface area (Å²) in [5.74, 6) is 0.904. The summed E-state index contributed by atoms with van der Waals surface area (Å²) in [5, 5.41) is 3.31. The first-order valence-corrected chi connectivity index (χ1v) is 7.26. The van der Waals surface area contributed by atoms with E-state index >= 15 is 0 Å². The lowest BCUT2D eigenvalue weighted by molar-refractivity contribution is -0.122. The molecule has 0 aliphatic carbocycles. The van der Waals surface area contributed by atoms with Crippen molar-refractivity contribution < 1.29 is 14.3 Å². The third-order valence-electron chi connectivity index (χ3n) is 3.88. The van der Waals surface area contributed by atoms with Crippen molar-refractivity contribution in [2.75, 3.05) is 32.9 Å². The standard InChI is InChI=1S/C14H25NO3/c16-13(11-12-3-8-17-9-4-12)5-10-18-14-1-6-15-7-2-14/h12,14-15H,1-11H2. The molecule has 0 amide bonds. The molecule has 0 aromatic carbocycles. The second-order valence-electron chi connectivity index (χ2n) is 5.37. The quantitative estimate of drug-likeness (QED) is 0.782. The Morgan fingerprint density at radius 3 is 2.61 bits per heavy atom. The largest absolute Gasteiger partial charge is 0.381 e. The van der Waals surface area contributed by atoms with Gasteiger partial charge in [0.25, 0.3) is 0 Å². The summed E-state index contributed by atoms with van der Waals surface area (Å²) in [5.41, 5.74) is 0. The van der Waals surface area contributed by atoms with Crippen LogP contribution in [0.5, 0.6) is 0 Å². The normalized spacial score (nSPS) is 23.1. The number of hydrogen-bond donors (Lipinski definition) is 1. The minimum absolute atomic E-state index is 0.357. The van der Waals surface area contributed by atoms with Crippen LogP contribution in [0, 0.1) is 5.92 Å². The van der Waals surface area contributed by atoms with Gasteiger partial charge in [-0.2, -0.15) is 0 Å². The number of carbonyl (C=O) groups is 1. The topological polar surface area (TPSA) is 47.6 Å². The first-order chi connectivity index (χ1) is 8.84. The van der Waals surface area contributed by atoms with Crippen LogP contribution in [0.2, 0.25) is 0 Å². The highest BCUT2D eigenvalue weighted by molar-refractivity contribution is 5.78. The molecular formula is C14H25NO3. The maximum absolute atomic E-state index is 11.8. The van der Waals surface area contributed by atoms with Crippen LogP contribution < -0.4 is 5.32 Å². The fourth-order valence-corrected chi connectivity index (χ4v) is 2.68. The van der Waals surface area contributed by atoms with E-state index in [1.165, 1.54) is 0 Å². The summed E-state index contributed by atoms with van der Waals surface area (Å²) < 4.78 is 11.1. The van der Waals surface area contributed by atoms with Crippen molar-refractivity contribution in [1.82, 2.24) is 5.32 Å². The molecule has 2 aliphatic rings. The van der Waals surface area contributed by atoms with Gasteiger partial charge < -0.3 is 14.8 Å². The fourth-order valence-electron chi connectivity index (χ4n) is 2.68. The SMILES string of the molecule is O=C(CCOC1CCNCC1)CC1CCOCC1. The summed E-state index contributed by atoms with van der Waals surface area (Å²) in [6.45, 7) is 4.33. The number of Topliss-reactive ketones (excluding diaryl/α,β-unsaturated/α-hetero) is 1. The van der Waals surface area contributed by atoms with Crippen molar-refractivity contribution in [2.45, 2.75) is 44.6 Å². The van der Waals surface area contributed by atoms with Crippen LogP contribution in [0.4, 0.5) is 0 Å². The molecule has 4 nitrogen and oxygen atoms in total. The van der Waals surface area contributed by atoms with Crippen LogP contribution in [0.1, 0.15) is 38.5 Å². The van der Waals surface area contributed by atoms with E-state index in [9.17, 15) is 4.79 Å². The van der Waals surface area contributed by atoms with Crippen LogP contribution in [-0.4, -0.2) is 44.8 Å². The molecule has 1 N–H and O–H groups in total. The Hall–Kier alpha value is -0.450. The monoisotopic (exact) mass is 255 g/mol. The number of ketones is 1. The van der Waals surface area contributed by atoms with Crippen LogP contribution in [-0.2, 0) is 14.3 Å². The second-order valence-corrected chi connectivity index (χ2v) is 5.37. The molecule has 104 valence electrons. The number of carbonyl (C=O) groups excluding carboxylic acids is 1. The van der Waals surface area contributed by atoms with E-state index < -0.39 is 0 Å². The van der Waals surface area contributed by atoms with Gasteiger partial charge in [-0.15, -0.1) is 0 Å². The van der Waals surface area contributed by atoms with Crippen molar-refractivity contribution in [2.24, 2.45) is 5.92 Å². The molecule has 0 aromatic heterocycles. The summed E-state index contributed by atoms with van der Waals surface area (Å²) in [6.07, 6.45) is 5.91. The molecule has 2 aliphatic heterocycles. The van der Waals surface area contributed by atoms with Crippen LogP contribution in [0.15, 0.2) is 0 Å². The van der Waals surface area contributed by atoms with Crippen molar-refractivity contribution in [3.05, 3.63) is 0 Å². The van der Waals surface area contributed by atoms with Gasteiger partial charge in [0.05, 0.1) is 12.7 Å². The molecule has 0 aromatic rings. The number of rotatable bonds is 6. The van der Waals surface area contributed by atoms with Crippen molar-refractivity contribution in [1.29, 1.82) is 0 Å². The van der Waals surface area contributed by atoms with Gasteiger partial charge in [0.1, 0.15) is 5.78 Å². The highest BCUT2D eigenvalue weighted by Crippen LogP contribution is 2.19. The highest BCUT2D eigenvalue weighted by Gasteiger charge is 2.18. The van der Waals surface area contributed by atoms with Crippen LogP contribution in [0.3, 0.4) is 0 Å². The lowest BCUT2D eigenvalue weighted by atomic mass is 9.93. The van der Waals surface area contributed by atoms with Gasteiger partial charge in [-0.25, -0.2) is 0 Å². The van der Waals surface area contributed by atoms with Gasteiger partial charge >= 0.3 is 0 Å². The molecule has 2 rings (SSSR count). The molecule has 0 radical (unpaired) electrons. The molecule has 0 bridgehead atoms. The lowest BCUT2D eigenvalue weighted by Gasteiger charge is -2.23. The molecule has 2 saturated heterocycles. The molecule has 0 unspecified atom stereocenters. The molecule has 18 heavy (non-hydrogen) atoms. The van der Waals surface area contributed by atoms with E-state index in [1.54, 1.807) is 0 Å². The van der Waals surface area contributed by atoms with E-state index in [2.05, 4.69) is 5.32 Å². The Morgan fingerprint density at radius 1 is 1.17 bits per heavy atom. The Bertz CT molecular complexity index is 245. The van der Waals surface area contributed by atoms with Gasteiger partial charge in [-0.3, -0.25) is 4.79 Å². The lowest BCUT2D eigenvalue weighted by Crippen LogP contribution is -2.32. The Morgan fingerprint density at radius 2 is 1.89 bits per heavy atom. The van der Waals surface area contributed by atoms with E-state index in [0.717, 1.165) is 58.4 Å². The average molecular weight is 255 g/mol. The maximum atomic E-state index is 11.8. The zero-order valence-electron chi connectivity index (χ0n) is 11.2. The van der Waals surface area contributed by atoms with Gasteiger partial charge in [-0.05, 0) is 44.7 Å². The third-order valence-corrected chi connectivity index (χ3v) is 3.88. The maximum Gasteiger partial charge on any atom is 0.135 e. The third kappa shape index (κ3) is 5.04. The first-order valence-electron chi connectivity index (χ1n) is 7.26. The van der Waals surface area contributed by atoms with Crippen LogP contribution in [0.25, 0.3) is 0 Å². The molecule has 2 fully saturated rings. The summed E-state index contributed by atoms with van der Waals surface area (Å²) in [4.78, 5) is 11.8. The summed E-state index contributed by atoms with van der Waals surface area (Å²) >= 11 is 0. The average Bonchev–Trinajstić information content (AvgIpc) is 2.41. The number of hydrogen-bond acceptors (Lipinski definition) is 4. The molecule has 4 heteroatoms. The van der Waals surface area contributed by atoms with E-state index in [-0.39, 0.29) is 0 Å². The Labute approximate surface area is 109 Å². The minimum Gasteiger partial charge on any atom is -0.381 e. The molecular weight excluding hydrogens is 230 g/mol. The molecule has 0 atom stereocenters. The number of piperidine rings is 1. The fraction of sp³-hybridized carbons (Fsp3) is 0.929. The molecule has 0 spiro atoms. The predicted octanol–water partition coefficient (Wildman–Crippen LogP) is 1.53. The smallest absolute Gasteiger partial charge is 0.135 e. The summed E-state index contributed by atoms with van der Waals surface area (Å²) in [6, 6.07) is 0. The van der Waals surface area contributed by atoms with Gasteiger partial charge in [0.15, 0.2) is 0 Å². The van der Waals surface area contributed by atoms with Gasteiger partial charge in [-0.1, -0.05) is 0 Å². The van der Waals surface area contributed by atoms with Crippen LogP contribution >= 0.6 is 0 Å². The zero-order valence-corrected chi connectivity index (χ0v) is 11.2. The van der Waals surface area contributed by atoms with Gasteiger partial charge in [0, 0.05) is 26.1 Å². The number of ether oxygens (including phenoxy) is 2. The zero-order chi connectivity index (χ0) is 12.6. The molecule has 2 heterocycles. The van der Waals surface area contributed by atoms with Crippen molar-refractivity contribution in [3.63, 3.8) is 0 Å². The summed E-state index contributed by atoms with van der Waals surface area (Å²) in [7, 11) is 0. The van der Waals surface area contributed by atoms with Crippen molar-refractivity contribution >= 4 is 5.78 Å².